The third kappa shape index (κ3) is 19.3. The molecular weight excluding hydrogens is 504 g/mol. The monoisotopic (exact) mass is 550 g/mol. The van der Waals surface area contributed by atoms with Crippen LogP contribution < -0.4 is 15.4 Å². The first kappa shape index (κ1) is 34.2. The molecule has 2 N–H and O–H groups in total. The van der Waals surface area contributed by atoms with Crippen LogP contribution in [0.4, 0.5) is 0 Å². The number of ether oxygens (including phenoxy) is 1. The van der Waals surface area contributed by atoms with Gasteiger partial charge in [-0.15, -0.1) is 0 Å². The van der Waals surface area contributed by atoms with Gasteiger partial charge in [-0.25, -0.2) is 4.98 Å². The first-order chi connectivity index (χ1) is 19.5. The number of allylic oxidation sites excluding steroid dienone is 12. The molecule has 8 heteroatoms. The lowest BCUT2D eigenvalue weighted by Gasteiger charge is -2.07. The molecular formula is C32H46N4O4. The predicted molar refractivity (Wildman–Crippen MR) is 162 cm³/mol. The Morgan fingerprint density at radius 2 is 1.32 bits per heavy atom. The summed E-state index contributed by atoms with van der Waals surface area (Å²) in [4.78, 5) is 27.8. The Balaban J connectivity index is 1.95. The lowest BCUT2D eigenvalue weighted by Crippen LogP contribution is -2.35. The average Bonchev–Trinajstić information content (AvgIpc) is 2.95. The van der Waals surface area contributed by atoms with Gasteiger partial charge in [-0.3, -0.25) is 9.59 Å². The fraction of sp³-hybridized carbons (Fsp3) is 0.438. The van der Waals surface area contributed by atoms with E-state index < -0.39 is 5.91 Å². The minimum absolute atomic E-state index is 0.0206. The van der Waals surface area contributed by atoms with E-state index in [0.29, 0.717) is 43.0 Å². The average molecular weight is 551 g/mol. The smallest absolute Gasteiger partial charge is 0.276 e. The highest BCUT2D eigenvalue weighted by molar-refractivity contribution is 5.91. The molecule has 0 spiro atoms. The fourth-order valence-corrected chi connectivity index (χ4v) is 3.22. The van der Waals surface area contributed by atoms with Gasteiger partial charge in [0.25, 0.3) is 5.91 Å². The van der Waals surface area contributed by atoms with Crippen molar-refractivity contribution in [3.05, 3.63) is 102 Å². The number of carbonyl (C=O) groups excluding carboxylic acids is 2. The van der Waals surface area contributed by atoms with Gasteiger partial charge < -0.3 is 20.6 Å². The van der Waals surface area contributed by atoms with E-state index >= 15 is 0 Å². The number of aryl methyl sites for hydroxylation is 1. The van der Waals surface area contributed by atoms with Gasteiger partial charge in [-0.1, -0.05) is 79.8 Å². The highest BCUT2D eigenvalue weighted by Crippen LogP contribution is 1.98. The minimum Gasteiger partial charge on any atom is -0.618 e. The minimum atomic E-state index is -0.434. The quantitative estimate of drug-likeness (QED) is 0.0927. The van der Waals surface area contributed by atoms with Crippen molar-refractivity contribution in [2.75, 3.05) is 26.3 Å². The van der Waals surface area contributed by atoms with Gasteiger partial charge in [0.15, 0.2) is 5.69 Å². The summed E-state index contributed by atoms with van der Waals surface area (Å²) in [6, 6.07) is 0. The van der Waals surface area contributed by atoms with E-state index in [2.05, 4.69) is 89.4 Å². The van der Waals surface area contributed by atoms with Crippen LogP contribution in [0.15, 0.2) is 85.3 Å². The molecule has 0 saturated heterocycles. The molecule has 40 heavy (non-hydrogen) atoms. The summed E-state index contributed by atoms with van der Waals surface area (Å²) >= 11 is 0. The number of aromatic nitrogens is 2. The van der Waals surface area contributed by atoms with Crippen LogP contribution in [0.2, 0.25) is 0 Å². The summed E-state index contributed by atoms with van der Waals surface area (Å²) in [5.74, 6) is -0.455. The van der Waals surface area contributed by atoms with Crippen LogP contribution in [0, 0.1) is 12.1 Å². The summed E-state index contributed by atoms with van der Waals surface area (Å²) in [6.45, 7) is 5.09. The summed E-state index contributed by atoms with van der Waals surface area (Å²) < 4.78 is 6.01. The molecule has 0 unspecified atom stereocenters. The molecule has 0 atom stereocenters. The number of hydrogen-bond donors (Lipinski definition) is 2. The predicted octanol–water partition coefficient (Wildman–Crippen LogP) is 5.36. The summed E-state index contributed by atoms with van der Waals surface area (Å²) in [7, 11) is 0. The van der Waals surface area contributed by atoms with Crippen LogP contribution in [0.1, 0.15) is 74.5 Å². The van der Waals surface area contributed by atoms with E-state index in [-0.39, 0.29) is 18.1 Å². The highest BCUT2D eigenvalue weighted by atomic mass is 16.5. The Morgan fingerprint density at radius 1 is 0.825 bits per heavy atom. The molecule has 0 aromatic carbocycles. The van der Waals surface area contributed by atoms with Crippen molar-refractivity contribution >= 4 is 11.8 Å². The summed E-state index contributed by atoms with van der Waals surface area (Å²) in [6.07, 6.45) is 35.4. The molecule has 1 heterocycles. The van der Waals surface area contributed by atoms with Crippen molar-refractivity contribution in [2.45, 2.75) is 65.2 Å². The van der Waals surface area contributed by atoms with E-state index in [1.165, 1.54) is 6.20 Å². The van der Waals surface area contributed by atoms with E-state index in [0.717, 1.165) is 44.7 Å². The number of nitrogens with zero attached hydrogens (tertiary/aromatic N) is 2. The number of carbonyl (C=O) groups is 2. The Kier molecular flexibility index (Phi) is 20.8. The maximum atomic E-state index is 11.9. The van der Waals surface area contributed by atoms with Crippen LogP contribution in [-0.2, 0) is 9.53 Å². The maximum absolute atomic E-state index is 11.9. The molecule has 1 rings (SSSR count). The normalized spacial score (nSPS) is 12.2. The Labute approximate surface area is 239 Å². The molecule has 0 radical (unpaired) electrons. The van der Waals surface area contributed by atoms with Gasteiger partial charge >= 0.3 is 0 Å². The van der Waals surface area contributed by atoms with Gasteiger partial charge in [0, 0.05) is 26.4 Å². The van der Waals surface area contributed by atoms with Crippen LogP contribution in [0.5, 0.6) is 0 Å². The lowest BCUT2D eigenvalue weighted by molar-refractivity contribution is -0.613. The molecule has 0 saturated carbocycles. The van der Waals surface area contributed by atoms with Gasteiger partial charge in [-0.05, 0) is 44.9 Å². The molecule has 1 aromatic rings. The first-order valence-electron chi connectivity index (χ1n) is 14.1. The van der Waals surface area contributed by atoms with Crippen molar-refractivity contribution in [3.63, 3.8) is 0 Å². The van der Waals surface area contributed by atoms with E-state index in [4.69, 9.17) is 4.74 Å². The number of hydrogen-bond acceptors (Lipinski definition) is 5. The Morgan fingerprint density at radius 3 is 1.85 bits per heavy atom. The van der Waals surface area contributed by atoms with E-state index in [1.54, 1.807) is 6.92 Å². The second-order valence-corrected chi connectivity index (χ2v) is 8.91. The molecule has 8 nitrogen and oxygen atoms in total. The van der Waals surface area contributed by atoms with E-state index in [1.807, 2.05) is 6.08 Å². The zero-order valence-electron chi connectivity index (χ0n) is 24.1. The number of amides is 2. The molecule has 218 valence electrons. The Bertz CT molecular complexity index is 1030. The highest BCUT2D eigenvalue weighted by Gasteiger charge is 2.11. The third-order valence-electron chi connectivity index (χ3n) is 5.45. The lowest BCUT2D eigenvalue weighted by atomic mass is 10.2. The van der Waals surface area contributed by atoms with Crippen molar-refractivity contribution in [3.8, 4) is 0 Å². The second kappa shape index (κ2) is 24.3. The van der Waals surface area contributed by atoms with Crippen LogP contribution in [0.25, 0.3) is 0 Å². The van der Waals surface area contributed by atoms with Crippen molar-refractivity contribution in [2.24, 2.45) is 0 Å². The van der Waals surface area contributed by atoms with Gasteiger partial charge in [0.1, 0.15) is 0 Å². The van der Waals surface area contributed by atoms with E-state index in [9.17, 15) is 14.8 Å². The summed E-state index contributed by atoms with van der Waals surface area (Å²) in [5.41, 5.74) is 0.471. The molecule has 1 aromatic heterocycles. The van der Waals surface area contributed by atoms with Crippen LogP contribution in [0.3, 0.4) is 0 Å². The van der Waals surface area contributed by atoms with Crippen molar-refractivity contribution < 1.29 is 19.1 Å². The number of rotatable bonds is 21. The zero-order chi connectivity index (χ0) is 29.1. The topological polar surface area (TPSA) is 107 Å². The summed E-state index contributed by atoms with van der Waals surface area (Å²) in [5, 5.41) is 16.9. The van der Waals surface area contributed by atoms with Gasteiger partial charge in [0.05, 0.1) is 19.4 Å². The third-order valence-corrected chi connectivity index (χ3v) is 5.45. The maximum Gasteiger partial charge on any atom is 0.276 e. The molecule has 0 aliphatic carbocycles. The molecule has 0 fully saturated rings. The van der Waals surface area contributed by atoms with Crippen LogP contribution in [-0.4, -0.2) is 43.1 Å². The van der Waals surface area contributed by atoms with Gasteiger partial charge in [-0.2, -0.15) is 4.73 Å². The second-order valence-electron chi connectivity index (χ2n) is 8.91. The SMILES string of the molecule is CCC=CCC=CCC=CCC=CCC=CCC=CCCC(=O)NCCOCCNC(=O)c1c[n+]([O-])c(C)cn1. The molecule has 0 bridgehead atoms. The number of nitrogens with one attached hydrogen (secondary N) is 2. The standard InChI is InChI=1S/C32H46N4O4/c1-3-4-5-6-7-8-9-10-11-12-13-14-15-16-17-18-19-20-21-22-31(37)33-23-25-40-26-24-34-32(38)30-28-36(39)29(2)27-35-30/h4-5,7-8,10-11,13-14,16-17,19-20,27-28H,3,6,9,12,15,18,21-26H2,1-2H3,(H,33,37)(H,34,38). The molecule has 2 amide bonds. The first-order valence-corrected chi connectivity index (χ1v) is 14.1. The van der Waals surface area contributed by atoms with Crippen LogP contribution >= 0.6 is 0 Å². The molecule has 0 aliphatic rings. The molecule has 0 aliphatic heterocycles. The fourth-order valence-electron chi connectivity index (χ4n) is 3.22. The largest absolute Gasteiger partial charge is 0.618 e. The van der Waals surface area contributed by atoms with Gasteiger partial charge in [0.2, 0.25) is 17.8 Å². The van der Waals surface area contributed by atoms with Crippen molar-refractivity contribution in [1.29, 1.82) is 0 Å². The zero-order valence-corrected chi connectivity index (χ0v) is 24.1. The van der Waals surface area contributed by atoms with Crippen molar-refractivity contribution in [1.82, 2.24) is 15.6 Å². The Hall–Kier alpha value is -3.78.